The van der Waals surface area contributed by atoms with E-state index in [0.29, 0.717) is 5.69 Å². The highest BCUT2D eigenvalue weighted by Crippen LogP contribution is 2.24. The summed E-state index contributed by atoms with van der Waals surface area (Å²) in [6.07, 6.45) is 2.01. The van der Waals surface area contributed by atoms with E-state index in [2.05, 4.69) is 14.7 Å². The van der Waals surface area contributed by atoms with Gasteiger partial charge < -0.3 is 9.88 Å². The van der Waals surface area contributed by atoms with Crippen LogP contribution in [-0.2, 0) is 6.54 Å². The molecular formula is C12H13N3. The number of aromatic nitrogens is 1. The number of H-pyrrole nitrogens is 1. The van der Waals surface area contributed by atoms with Crippen molar-refractivity contribution in [2.75, 3.05) is 14.1 Å². The minimum atomic E-state index is 0.681. The second-order valence-electron chi connectivity index (χ2n) is 3.89. The standard InChI is InChI=1S/C12H13N3/c1-13-10-4-5-11-9(8-15(2)3)7-14-12(11)6-10/h4-7,14H,8H2,2-3H3. The number of hydrogen-bond acceptors (Lipinski definition) is 1. The second-order valence-corrected chi connectivity index (χ2v) is 3.89. The first-order valence-electron chi connectivity index (χ1n) is 4.83. The van der Waals surface area contributed by atoms with Crippen molar-refractivity contribution in [2.45, 2.75) is 6.54 Å². The van der Waals surface area contributed by atoms with Crippen LogP contribution in [0.3, 0.4) is 0 Å². The largest absolute Gasteiger partial charge is 0.362 e. The molecule has 1 heterocycles. The quantitative estimate of drug-likeness (QED) is 0.738. The number of fused-ring (bicyclic) bond motifs is 1. The zero-order chi connectivity index (χ0) is 10.8. The van der Waals surface area contributed by atoms with Crippen molar-refractivity contribution in [1.29, 1.82) is 0 Å². The van der Waals surface area contributed by atoms with Crippen molar-refractivity contribution in [3.63, 3.8) is 0 Å². The Labute approximate surface area is 89.1 Å². The molecule has 2 rings (SSSR count). The van der Waals surface area contributed by atoms with Gasteiger partial charge in [0.15, 0.2) is 5.69 Å². The molecule has 0 bridgehead atoms. The van der Waals surface area contributed by atoms with Crippen molar-refractivity contribution >= 4 is 16.6 Å². The van der Waals surface area contributed by atoms with Crippen LogP contribution in [-0.4, -0.2) is 24.0 Å². The molecule has 0 atom stereocenters. The third kappa shape index (κ3) is 1.85. The molecule has 0 aliphatic carbocycles. The zero-order valence-electron chi connectivity index (χ0n) is 8.91. The van der Waals surface area contributed by atoms with E-state index in [9.17, 15) is 0 Å². The van der Waals surface area contributed by atoms with Crippen LogP contribution < -0.4 is 0 Å². The Balaban J connectivity index is 2.48. The molecule has 0 spiro atoms. The minimum absolute atomic E-state index is 0.681. The number of benzene rings is 1. The lowest BCUT2D eigenvalue weighted by atomic mass is 10.1. The molecule has 0 aliphatic rings. The van der Waals surface area contributed by atoms with Crippen LogP contribution in [0.4, 0.5) is 5.69 Å². The maximum absolute atomic E-state index is 6.94. The number of nitrogens with one attached hydrogen (secondary N) is 1. The summed E-state index contributed by atoms with van der Waals surface area (Å²) >= 11 is 0. The predicted octanol–water partition coefficient (Wildman–Crippen LogP) is 2.78. The predicted molar refractivity (Wildman–Crippen MR) is 62.0 cm³/mol. The Hall–Kier alpha value is -1.79. The summed E-state index contributed by atoms with van der Waals surface area (Å²) in [5.74, 6) is 0. The van der Waals surface area contributed by atoms with E-state index in [1.165, 1.54) is 10.9 Å². The molecule has 0 aliphatic heterocycles. The third-order valence-corrected chi connectivity index (χ3v) is 2.37. The molecule has 76 valence electrons. The summed E-state index contributed by atoms with van der Waals surface area (Å²) in [7, 11) is 4.10. The molecule has 2 aromatic rings. The second kappa shape index (κ2) is 3.76. The minimum Gasteiger partial charge on any atom is -0.362 e. The molecule has 3 heteroatoms. The molecule has 15 heavy (non-hydrogen) atoms. The molecule has 1 aromatic heterocycles. The van der Waals surface area contributed by atoms with Crippen molar-refractivity contribution in [3.8, 4) is 0 Å². The lowest BCUT2D eigenvalue weighted by Crippen LogP contribution is -2.09. The maximum Gasteiger partial charge on any atom is 0.189 e. The van der Waals surface area contributed by atoms with Gasteiger partial charge in [-0.15, -0.1) is 0 Å². The van der Waals surface area contributed by atoms with E-state index in [1.54, 1.807) is 0 Å². The van der Waals surface area contributed by atoms with Crippen molar-refractivity contribution in [2.24, 2.45) is 0 Å². The van der Waals surface area contributed by atoms with Crippen molar-refractivity contribution in [3.05, 3.63) is 41.4 Å². The molecule has 3 nitrogen and oxygen atoms in total. The first kappa shape index (κ1) is 9.75. The van der Waals surface area contributed by atoms with Gasteiger partial charge in [0.05, 0.1) is 6.57 Å². The Bertz CT molecular complexity index is 517. The van der Waals surface area contributed by atoms with Gasteiger partial charge in [0.2, 0.25) is 0 Å². The maximum atomic E-state index is 6.94. The number of hydrogen-bond donors (Lipinski definition) is 1. The lowest BCUT2D eigenvalue weighted by Gasteiger charge is -2.07. The summed E-state index contributed by atoms with van der Waals surface area (Å²) < 4.78 is 0. The monoisotopic (exact) mass is 199 g/mol. The summed E-state index contributed by atoms with van der Waals surface area (Å²) in [6.45, 7) is 7.86. The summed E-state index contributed by atoms with van der Waals surface area (Å²) in [5, 5.41) is 1.20. The van der Waals surface area contributed by atoms with Gasteiger partial charge in [-0.3, -0.25) is 0 Å². The van der Waals surface area contributed by atoms with E-state index in [0.717, 1.165) is 12.1 Å². The Morgan fingerprint density at radius 3 is 2.87 bits per heavy atom. The smallest absolute Gasteiger partial charge is 0.189 e. The summed E-state index contributed by atoms with van der Waals surface area (Å²) in [5.41, 5.74) is 2.99. The molecule has 0 fully saturated rings. The van der Waals surface area contributed by atoms with E-state index >= 15 is 0 Å². The zero-order valence-corrected chi connectivity index (χ0v) is 8.91. The van der Waals surface area contributed by atoms with Gasteiger partial charge in [0, 0.05) is 23.6 Å². The van der Waals surface area contributed by atoms with Gasteiger partial charge in [0.25, 0.3) is 0 Å². The number of aromatic amines is 1. The van der Waals surface area contributed by atoms with E-state index in [1.807, 2.05) is 38.5 Å². The van der Waals surface area contributed by atoms with Gasteiger partial charge in [-0.1, -0.05) is 12.1 Å². The average molecular weight is 199 g/mol. The van der Waals surface area contributed by atoms with Crippen molar-refractivity contribution < 1.29 is 0 Å². The van der Waals surface area contributed by atoms with Crippen LogP contribution in [0.15, 0.2) is 24.4 Å². The molecule has 0 saturated heterocycles. The van der Waals surface area contributed by atoms with E-state index in [4.69, 9.17) is 6.57 Å². The fourth-order valence-corrected chi connectivity index (χ4v) is 1.72. The van der Waals surface area contributed by atoms with E-state index in [-0.39, 0.29) is 0 Å². The van der Waals surface area contributed by atoms with Gasteiger partial charge in [-0.2, -0.15) is 0 Å². The van der Waals surface area contributed by atoms with Crippen LogP contribution in [0.5, 0.6) is 0 Å². The highest BCUT2D eigenvalue weighted by Gasteiger charge is 2.04. The molecule has 0 radical (unpaired) electrons. The average Bonchev–Trinajstić information content (AvgIpc) is 2.60. The van der Waals surface area contributed by atoms with E-state index < -0.39 is 0 Å². The van der Waals surface area contributed by atoms with Gasteiger partial charge in [0.1, 0.15) is 0 Å². The molecule has 0 amide bonds. The van der Waals surface area contributed by atoms with Gasteiger partial charge in [-0.25, -0.2) is 4.85 Å². The Morgan fingerprint density at radius 2 is 2.20 bits per heavy atom. The van der Waals surface area contributed by atoms with Gasteiger partial charge in [-0.05, 0) is 25.7 Å². The molecule has 0 saturated carbocycles. The Kier molecular flexibility index (Phi) is 2.44. The first-order valence-corrected chi connectivity index (χ1v) is 4.83. The fraction of sp³-hybridized carbons (Fsp3) is 0.250. The molecular weight excluding hydrogens is 186 g/mol. The first-order chi connectivity index (χ1) is 7.20. The van der Waals surface area contributed by atoms with Gasteiger partial charge >= 0.3 is 0 Å². The molecule has 0 unspecified atom stereocenters. The lowest BCUT2D eigenvalue weighted by molar-refractivity contribution is 0.404. The summed E-state index contributed by atoms with van der Waals surface area (Å²) in [6, 6.07) is 5.77. The number of rotatable bonds is 2. The Morgan fingerprint density at radius 1 is 1.40 bits per heavy atom. The molecule has 1 aromatic carbocycles. The normalized spacial score (nSPS) is 10.8. The van der Waals surface area contributed by atoms with Crippen LogP contribution in [0.25, 0.3) is 15.7 Å². The van der Waals surface area contributed by atoms with Crippen LogP contribution in [0.2, 0.25) is 0 Å². The third-order valence-electron chi connectivity index (χ3n) is 2.37. The topological polar surface area (TPSA) is 23.4 Å². The fourth-order valence-electron chi connectivity index (χ4n) is 1.72. The number of nitrogens with zero attached hydrogens (tertiary/aromatic N) is 2. The van der Waals surface area contributed by atoms with Crippen LogP contribution >= 0.6 is 0 Å². The highest BCUT2D eigenvalue weighted by atomic mass is 15.0. The highest BCUT2D eigenvalue weighted by molar-refractivity contribution is 5.86. The molecule has 1 N–H and O–H groups in total. The summed E-state index contributed by atoms with van der Waals surface area (Å²) in [4.78, 5) is 8.74. The van der Waals surface area contributed by atoms with Crippen LogP contribution in [0.1, 0.15) is 5.56 Å². The van der Waals surface area contributed by atoms with Crippen LogP contribution in [0, 0.1) is 6.57 Å². The SMILES string of the molecule is [C-]#[N+]c1ccc2c(CN(C)C)c[nH]c2c1. The van der Waals surface area contributed by atoms with Crippen molar-refractivity contribution in [1.82, 2.24) is 9.88 Å².